The molecular formula is C8H10Cl3N3. The summed E-state index contributed by atoms with van der Waals surface area (Å²) in [5.74, 6) is 0.177. The Balaban J connectivity index is 2.79. The summed E-state index contributed by atoms with van der Waals surface area (Å²) in [6.07, 6.45) is 3.95. The summed E-state index contributed by atoms with van der Waals surface area (Å²) < 4.78 is -1.56. The molecule has 0 spiro atoms. The summed E-state index contributed by atoms with van der Waals surface area (Å²) in [7, 11) is 0. The molecule has 0 aliphatic carbocycles. The van der Waals surface area contributed by atoms with Crippen molar-refractivity contribution in [1.29, 1.82) is 0 Å². The number of rotatable bonds is 2. The second-order valence-corrected chi connectivity index (χ2v) is 5.38. The largest absolute Gasteiger partial charge is 0.328 e. The highest BCUT2D eigenvalue weighted by atomic mass is 35.6. The summed E-state index contributed by atoms with van der Waals surface area (Å²) in [6, 6.07) is 0.0669. The molecule has 0 amide bonds. The summed E-state index contributed by atoms with van der Waals surface area (Å²) in [5.41, 5.74) is 6.54. The maximum absolute atomic E-state index is 5.61. The number of hydrogen-bond acceptors (Lipinski definition) is 3. The summed E-state index contributed by atoms with van der Waals surface area (Å²) in [5, 5.41) is 0. The standard InChI is InChI=1S/C8H10Cl3N3/c1-5(12)2-6-3-13-7(14-4-6)8(9,10)11/h3-5H,2,12H2,1H3. The molecule has 1 unspecified atom stereocenters. The van der Waals surface area contributed by atoms with Crippen molar-refractivity contribution in [3.8, 4) is 0 Å². The average molecular weight is 255 g/mol. The molecule has 0 saturated heterocycles. The lowest BCUT2D eigenvalue weighted by Crippen LogP contribution is -2.18. The van der Waals surface area contributed by atoms with E-state index in [1.54, 1.807) is 12.4 Å². The topological polar surface area (TPSA) is 51.8 Å². The van der Waals surface area contributed by atoms with Gasteiger partial charge in [0.25, 0.3) is 0 Å². The highest BCUT2D eigenvalue weighted by molar-refractivity contribution is 6.66. The number of nitrogens with two attached hydrogens (primary N) is 1. The molecule has 14 heavy (non-hydrogen) atoms. The van der Waals surface area contributed by atoms with Crippen molar-refractivity contribution in [1.82, 2.24) is 9.97 Å². The number of halogens is 3. The molecule has 2 N–H and O–H groups in total. The van der Waals surface area contributed by atoms with Gasteiger partial charge >= 0.3 is 0 Å². The molecule has 78 valence electrons. The first-order valence-electron chi connectivity index (χ1n) is 4.03. The van der Waals surface area contributed by atoms with E-state index in [2.05, 4.69) is 9.97 Å². The Morgan fingerprint density at radius 3 is 2.21 bits per heavy atom. The molecular weight excluding hydrogens is 244 g/mol. The first kappa shape index (κ1) is 12.0. The van der Waals surface area contributed by atoms with Crippen molar-refractivity contribution in [3.63, 3.8) is 0 Å². The van der Waals surface area contributed by atoms with Crippen LogP contribution in [0.1, 0.15) is 18.3 Å². The molecule has 1 heterocycles. The van der Waals surface area contributed by atoms with Gasteiger partial charge in [0.15, 0.2) is 5.82 Å². The lowest BCUT2D eigenvalue weighted by atomic mass is 10.1. The van der Waals surface area contributed by atoms with Gasteiger partial charge in [0, 0.05) is 18.4 Å². The van der Waals surface area contributed by atoms with Crippen molar-refractivity contribution < 1.29 is 0 Å². The molecule has 1 rings (SSSR count). The van der Waals surface area contributed by atoms with Crippen molar-refractivity contribution in [2.75, 3.05) is 0 Å². The molecule has 1 aromatic heterocycles. The quantitative estimate of drug-likeness (QED) is 0.823. The lowest BCUT2D eigenvalue weighted by molar-refractivity contribution is 0.729. The predicted molar refractivity (Wildman–Crippen MR) is 58.6 cm³/mol. The van der Waals surface area contributed by atoms with Crippen LogP contribution in [-0.2, 0) is 10.2 Å². The smallest absolute Gasteiger partial charge is 0.250 e. The monoisotopic (exact) mass is 253 g/mol. The lowest BCUT2D eigenvalue weighted by Gasteiger charge is -2.09. The average Bonchev–Trinajstić information content (AvgIpc) is 2.02. The first-order valence-corrected chi connectivity index (χ1v) is 5.16. The van der Waals surface area contributed by atoms with E-state index in [-0.39, 0.29) is 11.9 Å². The first-order chi connectivity index (χ1) is 6.39. The van der Waals surface area contributed by atoms with Gasteiger partial charge in [-0.25, -0.2) is 9.97 Å². The highest BCUT2D eigenvalue weighted by Crippen LogP contribution is 2.35. The van der Waals surface area contributed by atoms with Crippen LogP contribution in [0.25, 0.3) is 0 Å². The van der Waals surface area contributed by atoms with Gasteiger partial charge in [-0.05, 0) is 18.9 Å². The van der Waals surface area contributed by atoms with Gasteiger partial charge < -0.3 is 5.73 Å². The zero-order valence-corrected chi connectivity index (χ0v) is 9.81. The fourth-order valence-electron chi connectivity index (χ4n) is 0.978. The Hall–Kier alpha value is -0.0900. The minimum atomic E-state index is -1.56. The molecule has 6 heteroatoms. The third-order valence-corrected chi connectivity index (χ3v) is 2.02. The van der Waals surface area contributed by atoms with E-state index in [0.717, 1.165) is 5.56 Å². The Bertz CT molecular complexity index is 292. The molecule has 0 bridgehead atoms. The van der Waals surface area contributed by atoms with Crippen molar-refractivity contribution in [2.45, 2.75) is 23.2 Å². The number of hydrogen-bond donors (Lipinski definition) is 1. The van der Waals surface area contributed by atoms with E-state index in [0.29, 0.717) is 6.42 Å². The minimum absolute atomic E-state index is 0.0669. The number of nitrogens with zero attached hydrogens (tertiary/aromatic N) is 2. The predicted octanol–water partition coefficient (Wildman–Crippen LogP) is 2.19. The normalized spacial score (nSPS) is 14.1. The van der Waals surface area contributed by atoms with Crippen LogP contribution in [0.5, 0.6) is 0 Å². The number of aromatic nitrogens is 2. The van der Waals surface area contributed by atoms with Gasteiger partial charge in [0.2, 0.25) is 3.79 Å². The summed E-state index contributed by atoms with van der Waals surface area (Å²) in [4.78, 5) is 7.88. The molecule has 0 fully saturated rings. The molecule has 0 aliphatic rings. The minimum Gasteiger partial charge on any atom is -0.328 e. The third-order valence-electron chi connectivity index (χ3n) is 1.52. The zero-order valence-electron chi connectivity index (χ0n) is 7.54. The van der Waals surface area contributed by atoms with Gasteiger partial charge in [-0.2, -0.15) is 0 Å². The second-order valence-electron chi connectivity index (χ2n) is 3.09. The summed E-state index contributed by atoms with van der Waals surface area (Å²) in [6.45, 7) is 1.91. The maximum atomic E-state index is 5.61. The Kier molecular flexibility index (Phi) is 3.95. The van der Waals surface area contributed by atoms with Gasteiger partial charge in [-0.3, -0.25) is 0 Å². The van der Waals surface area contributed by atoms with E-state index in [1.807, 2.05) is 6.92 Å². The Labute approximate surface area is 97.6 Å². The van der Waals surface area contributed by atoms with E-state index < -0.39 is 3.79 Å². The highest BCUT2D eigenvalue weighted by Gasteiger charge is 2.26. The van der Waals surface area contributed by atoms with Crippen LogP contribution in [0, 0.1) is 0 Å². The van der Waals surface area contributed by atoms with E-state index in [4.69, 9.17) is 40.5 Å². The van der Waals surface area contributed by atoms with Crippen LogP contribution in [-0.4, -0.2) is 16.0 Å². The van der Waals surface area contributed by atoms with Crippen LogP contribution < -0.4 is 5.73 Å². The fraction of sp³-hybridized carbons (Fsp3) is 0.500. The SMILES string of the molecule is CC(N)Cc1cnc(C(Cl)(Cl)Cl)nc1. The van der Waals surface area contributed by atoms with Crippen molar-refractivity contribution >= 4 is 34.8 Å². The molecule has 0 aromatic carbocycles. The van der Waals surface area contributed by atoms with Crippen LogP contribution in [0.4, 0.5) is 0 Å². The maximum Gasteiger partial charge on any atom is 0.250 e. The molecule has 3 nitrogen and oxygen atoms in total. The van der Waals surface area contributed by atoms with E-state index in [9.17, 15) is 0 Å². The van der Waals surface area contributed by atoms with E-state index >= 15 is 0 Å². The van der Waals surface area contributed by atoms with Crippen molar-refractivity contribution in [2.24, 2.45) is 5.73 Å². The molecule has 1 aromatic rings. The van der Waals surface area contributed by atoms with Gasteiger partial charge in [0.05, 0.1) is 0 Å². The Morgan fingerprint density at radius 1 is 1.36 bits per heavy atom. The van der Waals surface area contributed by atoms with E-state index in [1.165, 1.54) is 0 Å². The van der Waals surface area contributed by atoms with Gasteiger partial charge in [0.1, 0.15) is 0 Å². The Morgan fingerprint density at radius 2 is 1.86 bits per heavy atom. The van der Waals surface area contributed by atoms with Crippen LogP contribution in [0.3, 0.4) is 0 Å². The molecule has 0 saturated carbocycles. The molecule has 1 atom stereocenters. The fourth-order valence-corrected chi connectivity index (χ4v) is 1.27. The second kappa shape index (κ2) is 4.62. The van der Waals surface area contributed by atoms with Gasteiger partial charge in [-0.1, -0.05) is 34.8 Å². The molecule has 0 radical (unpaired) electrons. The summed E-state index contributed by atoms with van der Waals surface area (Å²) >= 11 is 16.8. The van der Waals surface area contributed by atoms with Crippen molar-refractivity contribution in [3.05, 3.63) is 23.8 Å². The molecule has 0 aliphatic heterocycles. The van der Waals surface area contributed by atoms with Crippen LogP contribution in [0.15, 0.2) is 12.4 Å². The van der Waals surface area contributed by atoms with Crippen LogP contribution >= 0.6 is 34.8 Å². The number of alkyl halides is 3. The third kappa shape index (κ3) is 3.58. The zero-order chi connectivity index (χ0) is 10.8. The van der Waals surface area contributed by atoms with Crippen LogP contribution in [0.2, 0.25) is 0 Å². The van der Waals surface area contributed by atoms with Gasteiger partial charge in [-0.15, -0.1) is 0 Å².